The third-order valence-electron chi connectivity index (χ3n) is 2.45. The molecular formula is C9H13NO5. The van der Waals surface area contributed by atoms with Gasteiger partial charge in [-0.2, -0.15) is 0 Å². The molecule has 84 valence electrons. The molecule has 0 spiro atoms. The lowest BCUT2D eigenvalue weighted by Gasteiger charge is -2.12. The maximum absolute atomic E-state index is 10.7. The molecule has 1 saturated carbocycles. The molecule has 0 radical (unpaired) electrons. The van der Waals surface area contributed by atoms with Crippen LogP contribution in [0.25, 0.3) is 0 Å². The number of carboxylic acid groups (broad SMARTS) is 2. The monoisotopic (exact) mass is 215 g/mol. The Balaban J connectivity index is 2.43. The molecule has 1 aliphatic rings. The summed E-state index contributed by atoms with van der Waals surface area (Å²) in [6, 6.07) is -0.975. The van der Waals surface area contributed by atoms with Crippen LogP contribution in [0.4, 0.5) is 0 Å². The first-order chi connectivity index (χ1) is 6.91. The fraction of sp³-hybridized carbons (Fsp3) is 0.667. The Morgan fingerprint density at radius 1 is 1.40 bits per heavy atom. The molecule has 1 aliphatic carbocycles. The predicted molar refractivity (Wildman–Crippen MR) is 49.1 cm³/mol. The number of carbonyl (C=O) groups excluding carboxylic acids is 1. The van der Waals surface area contributed by atoms with E-state index >= 15 is 0 Å². The number of amides is 1. The molecule has 0 saturated heterocycles. The van der Waals surface area contributed by atoms with Crippen molar-refractivity contribution in [3.8, 4) is 0 Å². The summed E-state index contributed by atoms with van der Waals surface area (Å²) >= 11 is 0. The average molecular weight is 215 g/mol. The van der Waals surface area contributed by atoms with E-state index in [0.717, 1.165) is 0 Å². The van der Waals surface area contributed by atoms with E-state index in [0.29, 0.717) is 6.42 Å². The molecule has 1 fully saturated rings. The van der Waals surface area contributed by atoms with Crippen LogP contribution in [0, 0.1) is 11.8 Å². The van der Waals surface area contributed by atoms with E-state index in [1.165, 1.54) is 6.92 Å². The summed E-state index contributed by atoms with van der Waals surface area (Å²) in [4.78, 5) is 31.9. The molecule has 0 aromatic carbocycles. The SMILES string of the molecule is CC(=O)N[C@H](C[C@@H]1C[C@@H]1C(=O)O)C(=O)O. The van der Waals surface area contributed by atoms with Crippen LogP contribution in [0.3, 0.4) is 0 Å². The lowest BCUT2D eigenvalue weighted by Crippen LogP contribution is -2.40. The maximum atomic E-state index is 10.7. The summed E-state index contributed by atoms with van der Waals surface area (Å²) in [6.07, 6.45) is 0.685. The molecule has 3 atom stereocenters. The standard InChI is InChI=1S/C9H13NO5/c1-4(11)10-7(9(14)15)3-5-2-6(5)8(12)13/h5-7H,2-3H2,1H3,(H,10,11)(H,12,13)(H,14,15)/t5-,6-,7+/m0/s1. The van der Waals surface area contributed by atoms with Gasteiger partial charge in [0.1, 0.15) is 6.04 Å². The summed E-state index contributed by atoms with van der Waals surface area (Å²) in [5.41, 5.74) is 0. The van der Waals surface area contributed by atoms with Crippen molar-refractivity contribution >= 4 is 17.8 Å². The van der Waals surface area contributed by atoms with Gasteiger partial charge >= 0.3 is 11.9 Å². The zero-order chi connectivity index (χ0) is 11.6. The molecule has 6 nitrogen and oxygen atoms in total. The molecule has 0 aromatic heterocycles. The van der Waals surface area contributed by atoms with Gasteiger partial charge in [-0.25, -0.2) is 4.79 Å². The molecule has 0 bridgehead atoms. The summed E-state index contributed by atoms with van der Waals surface area (Å²) in [6.45, 7) is 1.23. The second kappa shape index (κ2) is 4.29. The number of carbonyl (C=O) groups is 3. The van der Waals surface area contributed by atoms with E-state index in [-0.39, 0.29) is 12.3 Å². The Labute approximate surface area is 86.3 Å². The maximum Gasteiger partial charge on any atom is 0.326 e. The largest absolute Gasteiger partial charge is 0.481 e. The van der Waals surface area contributed by atoms with E-state index in [9.17, 15) is 14.4 Å². The first-order valence-corrected chi connectivity index (χ1v) is 4.64. The van der Waals surface area contributed by atoms with Crippen molar-refractivity contribution in [3.63, 3.8) is 0 Å². The van der Waals surface area contributed by atoms with Gasteiger partial charge in [0.2, 0.25) is 5.91 Å². The molecule has 3 N–H and O–H groups in total. The van der Waals surface area contributed by atoms with Crippen molar-refractivity contribution in [3.05, 3.63) is 0 Å². The summed E-state index contributed by atoms with van der Waals surface area (Å²) in [7, 11) is 0. The van der Waals surface area contributed by atoms with E-state index < -0.39 is 29.8 Å². The van der Waals surface area contributed by atoms with Gasteiger partial charge in [0, 0.05) is 6.92 Å². The Hall–Kier alpha value is -1.59. The molecule has 0 unspecified atom stereocenters. The molecular weight excluding hydrogens is 202 g/mol. The topological polar surface area (TPSA) is 104 Å². The van der Waals surface area contributed by atoms with E-state index in [1.54, 1.807) is 0 Å². The van der Waals surface area contributed by atoms with Crippen molar-refractivity contribution in [2.45, 2.75) is 25.8 Å². The summed E-state index contributed by atoms with van der Waals surface area (Å²) < 4.78 is 0. The average Bonchev–Trinajstić information content (AvgIpc) is 2.81. The zero-order valence-corrected chi connectivity index (χ0v) is 8.27. The van der Waals surface area contributed by atoms with E-state index in [4.69, 9.17) is 10.2 Å². The molecule has 0 aliphatic heterocycles. The van der Waals surface area contributed by atoms with Gasteiger partial charge in [-0.1, -0.05) is 0 Å². The van der Waals surface area contributed by atoms with Crippen molar-refractivity contribution in [1.29, 1.82) is 0 Å². The van der Waals surface area contributed by atoms with E-state index in [2.05, 4.69) is 5.32 Å². The van der Waals surface area contributed by atoms with Gasteiger partial charge in [0.05, 0.1) is 5.92 Å². The highest BCUT2D eigenvalue weighted by molar-refractivity contribution is 5.82. The Morgan fingerprint density at radius 2 is 2.00 bits per heavy atom. The minimum atomic E-state index is -1.12. The first-order valence-electron chi connectivity index (χ1n) is 4.64. The van der Waals surface area contributed by atoms with Gasteiger partial charge in [-0.3, -0.25) is 9.59 Å². The second-order valence-electron chi connectivity index (χ2n) is 3.77. The van der Waals surface area contributed by atoms with Crippen LogP contribution in [0.15, 0.2) is 0 Å². The van der Waals surface area contributed by atoms with Crippen LogP contribution in [0.5, 0.6) is 0 Å². The van der Waals surface area contributed by atoms with E-state index in [1.807, 2.05) is 0 Å². The van der Waals surface area contributed by atoms with Gasteiger partial charge in [0.15, 0.2) is 0 Å². The Morgan fingerprint density at radius 3 is 2.33 bits per heavy atom. The lowest BCUT2D eigenvalue weighted by molar-refractivity contribution is -0.142. The predicted octanol–water partition coefficient (Wildman–Crippen LogP) is -0.313. The highest BCUT2D eigenvalue weighted by atomic mass is 16.4. The van der Waals surface area contributed by atoms with Crippen LogP contribution in [-0.2, 0) is 14.4 Å². The Kier molecular flexibility index (Phi) is 3.28. The second-order valence-corrected chi connectivity index (χ2v) is 3.77. The number of carboxylic acids is 2. The number of hydrogen-bond acceptors (Lipinski definition) is 3. The van der Waals surface area contributed by atoms with Crippen molar-refractivity contribution < 1.29 is 24.6 Å². The normalized spacial score (nSPS) is 25.4. The lowest BCUT2D eigenvalue weighted by atomic mass is 10.1. The molecule has 15 heavy (non-hydrogen) atoms. The molecule has 0 aromatic rings. The minimum absolute atomic E-state index is 0.129. The van der Waals surface area contributed by atoms with Crippen molar-refractivity contribution in [2.75, 3.05) is 0 Å². The molecule has 1 amide bonds. The highest BCUT2D eigenvalue weighted by Crippen LogP contribution is 2.42. The fourth-order valence-electron chi connectivity index (χ4n) is 1.58. The summed E-state index contributed by atoms with van der Waals surface area (Å²) in [5, 5.41) is 19.7. The molecule has 0 heterocycles. The van der Waals surface area contributed by atoms with Crippen molar-refractivity contribution in [2.24, 2.45) is 11.8 Å². The highest BCUT2D eigenvalue weighted by Gasteiger charge is 2.45. The van der Waals surface area contributed by atoms with Crippen LogP contribution >= 0.6 is 0 Å². The third kappa shape index (κ3) is 3.23. The molecule has 6 heteroatoms. The fourth-order valence-corrected chi connectivity index (χ4v) is 1.58. The number of nitrogens with one attached hydrogen (secondary N) is 1. The van der Waals surface area contributed by atoms with Gasteiger partial charge in [0.25, 0.3) is 0 Å². The van der Waals surface area contributed by atoms with Crippen LogP contribution in [0.2, 0.25) is 0 Å². The number of rotatable bonds is 5. The quantitative estimate of drug-likeness (QED) is 0.583. The van der Waals surface area contributed by atoms with Gasteiger partial charge < -0.3 is 15.5 Å². The zero-order valence-electron chi connectivity index (χ0n) is 8.27. The number of hydrogen-bond donors (Lipinski definition) is 3. The van der Waals surface area contributed by atoms with Crippen molar-refractivity contribution in [1.82, 2.24) is 5.32 Å². The van der Waals surface area contributed by atoms with Gasteiger partial charge in [-0.15, -0.1) is 0 Å². The van der Waals surface area contributed by atoms with Crippen LogP contribution < -0.4 is 5.32 Å². The molecule has 1 rings (SSSR count). The third-order valence-corrected chi connectivity index (χ3v) is 2.45. The first kappa shape index (κ1) is 11.5. The minimum Gasteiger partial charge on any atom is -0.481 e. The van der Waals surface area contributed by atoms with Gasteiger partial charge in [-0.05, 0) is 18.8 Å². The Bertz CT molecular complexity index is 301. The van der Waals surface area contributed by atoms with Crippen LogP contribution in [-0.4, -0.2) is 34.1 Å². The number of aliphatic carboxylic acids is 2. The van der Waals surface area contributed by atoms with Crippen LogP contribution in [0.1, 0.15) is 19.8 Å². The smallest absolute Gasteiger partial charge is 0.326 e. The summed E-state index contributed by atoms with van der Waals surface area (Å²) in [5.74, 6) is -3.01.